The number of Topliss-reactive ketones (excluding diaryl/α,β-unsaturated/α-hetero) is 1. The van der Waals surface area contributed by atoms with Crippen LogP contribution in [0.3, 0.4) is 0 Å². The molecule has 0 aliphatic carbocycles. The van der Waals surface area contributed by atoms with E-state index in [1.165, 1.54) is 40.3 Å². The van der Waals surface area contributed by atoms with Crippen LogP contribution in [0.15, 0.2) is 103 Å². The number of halogens is 2. The first-order valence-electron chi connectivity index (χ1n) is 14.5. The van der Waals surface area contributed by atoms with Crippen molar-refractivity contribution in [1.29, 1.82) is 0 Å². The van der Waals surface area contributed by atoms with Gasteiger partial charge in [0.1, 0.15) is 17.3 Å². The molecular formula is C36H33ClFNO5. The maximum atomic E-state index is 13.3. The first-order chi connectivity index (χ1) is 21.2. The van der Waals surface area contributed by atoms with E-state index in [1.807, 2.05) is 30.3 Å². The maximum absolute atomic E-state index is 13.3. The number of carbonyl (C=O) groups is 3. The van der Waals surface area contributed by atoms with Gasteiger partial charge in [0.05, 0.1) is 5.92 Å². The fourth-order valence-electron chi connectivity index (χ4n) is 5.29. The van der Waals surface area contributed by atoms with Gasteiger partial charge < -0.3 is 14.4 Å². The number of benzene rings is 4. The summed E-state index contributed by atoms with van der Waals surface area (Å²) in [5.41, 5.74) is 3.08. The Hall–Kier alpha value is -4.49. The van der Waals surface area contributed by atoms with Crippen LogP contribution in [0.25, 0.3) is 0 Å². The number of alkyl halides is 1. The van der Waals surface area contributed by atoms with E-state index in [0.717, 1.165) is 0 Å². The summed E-state index contributed by atoms with van der Waals surface area (Å²) in [6.07, 6.45) is -1.06. The van der Waals surface area contributed by atoms with E-state index < -0.39 is 29.6 Å². The number of esters is 1. The van der Waals surface area contributed by atoms with Gasteiger partial charge in [-0.05, 0) is 71.8 Å². The molecule has 1 aliphatic rings. The lowest BCUT2D eigenvalue weighted by molar-refractivity contribution is -0.151. The zero-order valence-electron chi connectivity index (χ0n) is 24.5. The molecule has 1 amide bonds. The van der Waals surface area contributed by atoms with Crippen LogP contribution in [0.1, 0.15) is 48.2 Å². The second-order valence-electron chi connectivity index (χ2n) is 11.3. The maximum Gasteiger partial charge on any atom is 0.312 e. The molecule has 4 aromatic rings. The van der Waals surface area contributed by atoms with Crippen LogP contribution >= 0.6 is 11.6 Å². The van der Waals surface area contributed by atoms with Crippen molar-refractivity contribution < 1.29 is 28.2 Å². The monoisotopic (exact) mass is 613 g/mol. The summed E-state index contributed by atoms with van der Waals surface area (Å²) in [6, 6.07) is 30.4. The minimum Gasteiger partial charge on any atom is -0.457 e. The Kier molecular flexibility index (Phi) is 9.45. The molecule has 0 radical (unpaired) electrons. The smallest absolute Gasteiger partial charge is 0.312 e. The molecule has 226 valence electrons. The molecule has 1 saturated heterocycles. The summed E-state index contributed by atoms with van der Waals surface area (Å²) >= 11 is 5.86. The van der Waals surface area contributed by atoms with E-state index in [9.17, 15) is 18.8 Å². The molecule has 1 aliphatic heterocycles. The molecule has 2 atom stereocenters. The third-order valence-corrected chi connectivity index (χ3v) is 8.18. The molecule has 4 aromatic carbocycles. The van der Waals surface area contributed by atoms with Crippen molar-refractivity contribution in [2.75, 3.05) is 17.3 Å². The molecule has 5 rings (SSSR count). The SMILES string of the molecule is CC(C)(c1ccccc1)c1ccc(Oc2ccc(N3C[C@H](C(=O)O[C@H](CCCl)C(=O)c4ccc(F)cc4)CC3=O)cc2)cc1. The number of ether oxygens (including phenoxy) is 2. The molecule has 0 bridgehead atoms. The molecular weight excluding hydrogens is 581 g/mol. The molecule has 44 heavy (non-hydrogen) atoms. The second-order valence-corrected chi connectivity index (χ2v) is 11.7. The van der Waals surface area contributed by atoms with Crippen LogP contribution in [0.2, 0.25) is 0 Å². The Labute approximate surface area is 261 Å². The Morgan fingerprint density at radius 1 is 0.886 bits per heavy atom. The van der Waals surface area contributed by atoms with Crippen molar-refractivity contribution in [3.8, 4) is 11.5 Å². The van der Waals surface area contributed by atoms with Crippen LogP contribution in [0.5, 0.6) is 11.5 Å². The molecule has 8 heteroatoms. The van der Waals surface area contributed by atoms with E-state index in [-0.39, 0.29) is 42.2 Å². The zero-order chi connectivity index (χ0) is 31.3. The first kappa shape index (κ1) is 31.0. The molecule has 1 fully saturated rings. The highest BCUT2D eigenvalue weighted by molar-refractivity contribution is 6.18. The average Bonchev–Trinajstić information content (AvgIpc) is 3.43. The first-order valence-corrected chi connectivity index (χ1v) is 15.0. The number of amides is 1. The topological polar surface area (TPSA) is 72.9 Å². The van der Waals surface area contributed by atoms with E-state index in [0.29, 0.717) is 17.2 Å². The van der Waals surface area contributed by atoms with Gasteiger partial charge in [-0.25, -0.2) is 4.39 Å². The van der Waals surface area contributed by atoms with Crippen LogP contribution in [0.4, 0.5) is 10.1 Å². The number of rotatable bonds is 11. The van der Waals surface area contributed by atoms with Gasteiger partial charge >= 0.3 is 5.97 Å². The van der Waals surface area contributed by atoms with E-state index in [2.05, 4.69) is 38.1 Å². The predicted octanol–water partition coefficient (Wildman–Crippen LogP) is 7.72. The van der Waals surface area contributed by atoms with Crippen LogP contribution in [-0.4, -0.2) is 36.2 Å². The molecule has 0 spiro atoms. The minimum absolute atomic E-state index is 0.0406. The molecule has 1 heterocycles. The summed E-state index contributed by atoms with van der Waals surface area (Å²) < 4.78 is 24.9. The summed E-state index contributed by atoms with van der Waals surface area (Å²) in [6.45, 7) is 4.49. The Morgan fingerprint density at radius 2 is 1.48 bits per heavy atom. The largest absolute Gasteiger partial charge is 0.457 e. The Balaban J connectivity index is 1.19. The molecule has 0 N–H and O–H groups in total. The summed E-state index contributed by atoms with van der Waals surface area (Å²) in [4.78, 5) is 40.2. The third-order valence-electron chi connectivity index (χ3n) is 7.96. The zero-order valence-corrected chi connectivity index (χ0v) is 25.3. The van der Waals surface area contributed by atoms with Gasteiger partial charge in [-0.2, -0.15) is 0 Å². The van der Waals surface area contributed by atoms with Gasteiger partial charge in [0.25, 0.3) is 0 Å². The summed E-state index contributed by atoms with van der Waals surface area (Å²) in [7, 11) is 0. The van der Waals surface area contributed by atoms with Gasteiger partial charge in [-0.15, -0.1) is 11.6 Å². The van der Waals surface area contributed by atoms with E-state index in [4.69, 9.17) is 21.1 Å². The second kappa shape index (κ2) is 13.4. The van der Waals surface area contributed by atoms with Crippen molar-refractivity contribution in [1.82, 2.24) is 0 Å². The molecule has 0 aromatic heterocycles. The Morgan fingerprint density at radius 3 is 2.09 bits per heavy atom. The highest BCUT2D eigenvalue weighted by Gasteiger charge is 2.38. The van der Waals surface area contributed by atoms with Crippen molar-refractivity contribution in [3.63, 3.8) is 0 Å². The van der Waals surface area contributed by atoms with Crippen LogP contribution in [-0.2, 0) is 19.7 Å². The average molecular weight is 614 g/mol. The van der Waals surface area contributed by atoms with Gasteiger partial charge in [-0.3, -0.25) is 14.4 Å². The molecule has 0 saturated carbocycles. The number of anilines is 1. The fourth-order valence-corrected chi connectivity index (χ4v) is 5.48. The van der Waals surface area contributed by atoms with E-state index in [1.54, 1.807) is 24.3 Å². The highest BCUT2D eigenvalue weighted by Crippen LogP contribution is 2.34. The number of ketones is 1. The standard InChI is InChI=1S/C36H33ClFNO5/c1-36(2,26-6-4-3-5-7-26)27-10-16-30(17-11-27)43-31-18-14-29(15-19-31)39-23-25(22-33(39)40)35(42)44-32(20-21-37)34(41)24-8-12-28(38)13-9-24/h3-19,25,32H,20-23H2,1-2H3/t25-,32-/m1/s1. The quantitative estimate of drug-likeness (QED) is 0.0984. The van der Waals surface area contributed by atoms with Crippen molar-refractivity contribution in [3.05, 3.63) is 126 Å². The summed E-state index contributed by atoms with van der Waals surface area (Å²) in [5.74, 6) is -1.18. The predicted molar refractivity (Wildman–Crippen MR) is 168 cm³/mol. The van der Waals surface area contributed by atoms with Gasteiger partial charge in [0.15, 0.2) is 6.10 Å². The van der Waals surface area contributed by atoms with Gasteiger partial charge in [0, 0.05) is 41.9 Å². The number of hydrogen-bond donors (Lipinski definition) is 0. The lowest BCUT2D eigenvalue weighted by Gasteiger charge is -2.26. The van der Waals surface area contributed by atoms with Crippen molar-refractivity contribution >= 4 is 34.9 Å². The molecule has 6 nitrogen and oxygen atoms in total. The van der Waals surface area contributed by atoms with E-state index >= 15 is 0 Å². The number of nitrogens with zero attached hydrogens (tertiary/aromatic N) is 1. The Bertz CT molecular complexity index is 1610. The lowest BCUT2D eigenvalue weighted by atomic mass is 9.78. The summed E-state index contributed by atoms with van der Waals surface area (Å²) in [5, 5.41) is 0. The number of carbonyl (C=O) groups excluding carboxylic acids is 3. The van der Waals surface area contributed by atoms with Gasteiger partial charge in [-0.1, -0.05) is 56.3 Å². The number of hydrogen-bond acceptors (Lipinski definition) is 5. The van der Waals surface area contributed by atoms with Crippen molar-refractivity contribution in [2.45, 2.75) is 38.2 Å². The van der Waals surface area contributed by atoms with Gasteiger partial charge in [0.2, 0.25) is 11.7 Å². The fraction of sp³-hybridized carbons (Fsp3) is 0.250. The highest BCUT2D eigenvalue weighted by atomic mass is 35.5. The molecule has 0 unspecified atom stereocenters. The minimum atomic E-state index is -1.12. The van der Waals surface area contributed by atoms with Crippen LogP contribution in [0, 0.1) is 11.7 Å². The van der Waals surface area contributed by atoms with Crippen molar-refractivity contribution in [2.24, 2.45) is 5.92 Å². The third kappa shape index (κ3) is 7.00. The normalized spacial score (nSPS) is 15.6. The van der Waals surface area contributed by atoms with Crippen LogP contribution < -0.4 is 9.64 Å². The lowest BCUT2D eigenvalue weighted by Crippen LogP contribution is -2.32.